The highest BCUT2D eigenvalue weighted by atomic mass is 33.1. The molecule has 0 fully saturated rings. The third-order valence-corrected chi connectivity index (χ3v) is 9.40. The number of para-hydroxylation sites is 4. The molecule has 7 heteroatoms. The molecule has 1 aliphatic rings. The summed E-state index contributed by atoms with van der Waals surface area (Å²) in [5.41, 5.74) is 6.24. The van der Waals surface area contributed by atoms with Crippen molar-refractivity contribution < 1.29 is 0 Å². The lowest BCUT2D eigenvalue weighted by atomic mass is 10.2. The Bertz CT molecular complexity index is 1360. The van der Waals surface area contributed by atoms with E-state index in [0.29, 0.717) is 0 Å². The van der Waals surface area contributed by atoms with E-state index in [4.69, 9.17) is 15.0 Å². The summed E-state index contributed by atoms with van der Waals surface area (Å²) in [4.78, 5) is 15.2. The first-order valence-corrected chi connectivity index (χ1v) is 15.5. The van der Waals surface area contributed by atoms with Gasteiger partial charge in [-0.15, -0.1) is 0 Å². The van der Waals surface area contributed by atoms with Crippen LogP contribution >= 0.6 is 21.6 Å². The first-order valence-electron chi connectivity index (χ1n) is 13.0. The Labute approximate surface area is 220 Å². The third-order valence-electron chi connectivity index (χ3n) is 6.82. The molecule has 36 heavy (non-hydrogen) atoms. The highest BCUT2D eigenvalue weighted by Crippen LogP contribution is 2.30. The Balaban J connectivity index is 1.44. The summed E-state index contributed by atoms with van der Waals surface area (Å²) < 4.78 is 4.72. The molecule has 184 valence electrons. The zero-order valence-electron chi connectivity index (χ0n) is 20.5. The molecule has 0 radical (unpaired) electrons. The molecule has 0 amide bonds. The van der Waals surface area contributed by atoms with Gasteiger partial charge in [0, 0.05) is 24.6 Å². The molecule has 6 rings (SSSR count). The summed E-state index contributed by atoms with van der Waals surface area (Å²) in [6.07, 6.45) is 7.29. The first kappa shape index (κ1) is 23.6. The van der Waals surface area contributed by atoms with Gasteiger partial charge in [0.2, 0.25) is 0 Å². The van der Waals surface area contributed by atoms with Crippen LogP contribution in [0.5, 0.6) is 0 Å². The highest BCUT2D eigenvalue weighted by Gasteiger charge is 2.17. The molecule has 4 heterocycles. The molecule has 0 spiro atoms. The molecule has 0 N–H and O–H groups in total. The SMILES string of the molecule is c1cc2nc(c1)-c1nc3ccccc3n1CCCCCSSCCCCCn1c-2nc2ccccc21. The lowest BCUT2D eigenvalue weighted by Gasteiger charge is -2.11. The summed E-state index contributed by atoms with van der Waals surface area (Å²) in [6.45, 7) is 1.91. The van der Waals surface area contributed by atoms with Crippen molar-refractivity contribution in [2.45, 2.75) is 51.6 Å². The Hall–Kier alpha value is -2.77. The van der Waals surface area contributed by atoms with E-state index in [1.54, 1.807) is 0 Å². The molecule has 0 atom stereocenters. The Kier molecular flexibility index (Phi) is 7.28. The lowest BCUT2D eigenvalue weighted by molar-refractivity contribution is 0.618. The zero-order chi connectivity index (χ0) is 24.2. The van der Waals surface area contributed by atoms with Gasteiger partial charge in [-0.2, -0.15) is 0 Å². The highest BCUT2D eigenvalue weighted by molar-refractivity contribution is 8.76. The normalized spacial score (nSPS) is 16.1. The largest absolute Gasteiger partial charge is 0.323 e. The van der Waals surface area contributed by atoms with E-state index in [9.17, 15) is 0 Å². The average Bonchev–Trinajstić information content (AvgIpc) is 3.47. The second kappa shape index (κ2) is 11.1. The fourth-order valence-electron chi connectivity index (χ4n) is 5.01. The number of benzene rings is 2. The van der Waals surface area contributed by atoms with Crippen LogP contribution in [0.2, 0.25) is 0 Å². The quantitative estimate of drug-likeness (QED) is 0.197. The standard InChI is InChI=1S/C29H31N5S2/c1-7-18-33-26-16-5-3-12-22(26)31-28(33)24-14-11-15-25(30-24)29-32-23-13-4-6-17-27(23)34(29)19-8-2-10-21-36-35-20-9-1/h3-6,11-17H,1-2,7-10,18-21H2. The van der Waals surface area contributed by atoms with Crippen molar-refractivity contribution in [2.75, 3.05) is 11.5 Å². The minimum Gasteiger partial charge on any atom is -0.323 e. The van der Waals surface area contributed by atoms with Crippen molar-refractivity contribution in [3.8, 4) is 23.0 Å². The zero-order valence-corrected chi connectivity index (χ0v) is 22.1. The van der Waals surface area contributed by atoms with Crippen LogP contribution < -0.4 is 0 Å². The van der Waals surface area contributed by atoms with Crippen LogP contribution in [-0.2, 0) is 13.1 Å². The van der Waals surface area contributed by atoms with E-state index in [1.807, 2.05) is 21.6 Å². The molecule has 2 bridgehead atoms. The third kappa shape index (κ3) is 4.91. The van der Waals surface area contributed by atoms with Crippen LogP contribution in [0.3, 0.4) is 0 Å². The van der Waals surface area contributed by atoms with Crippen LogP contribution in [0.25, 0.3) is 45.1 Å². The van der Waals surface area contributed by atoms with E-state index in [1.165, 1.54) is 48.2 Å². The number of hydrogen-bond donors (Lipinski definition) is 0. The van der Waals surface area contributed by atoms with Gasteiger partial charge in [-0.25, -0.2) is 15.0 Å². The van der Waals surface area contributed by atoms with Crippen molar-refractivity contribution in [1.29, 1.82) is 0 Å². The lowest BCUT2D eigenvalue weighted by Crippen LogP contribution is -2.04. The minimum atomic E-state index is 0.909. The summed E-state index contributed by atoms with van der Waals surface area (Å²) in [5.74, 6) is 4.36. The monoisotopic (exact) mass is 513 g/mol. The first-order chi connectivity index (χ1) is 17.9. The van der Waals surface area contributed by atoms with Gasteiger partial charge in [0.05, 0.1) is 22.1 Å². The van der Waals surface area contributed by atoms with Gasteiger partial charge in [-0.3, -0.25) is 0 Å². The van der Waals surface area contributed by atoms with Gasteiger partial charge >= 0.3 is 0 Å². The van der Waals surface area contributed by atoms with Crippen LogP contribution in [0, 0.1) is 0 Å². The van der Waals surface area contributed by atoms with Gasteiger partial charge < -0.3 is 9.13 Å². The molecule has 5 aromatic rings. The number of hydrogen-bond acceptors (Lipinski definition) is 5. The van der Waals surface area contributed by atoms with Crippen LogP contribution in [0.15, 0.2) is 66.7 Å². The van der Waals surface area contributed by atoms with E-state index < -0.39 is 0 Å². The maximum atomic E-state index is 5.15. The van der Waals surface area contributed by atoms with Crippen LogP contribution in [0.1, 0.15) is 38.5 Å². The Morgan fingerprint density at radius 2 is 1.00 bits per heavy atom. The number of aryl methyl sites for hydroxylation is 2. The fraction of sp³-hybridized carbons (Fsp3) is 0.345. The number of fused-ring (bicyclic) bond motifs is 10. The fourth-order valence-corrected chi connectivity index (χ4v) is 7.31. The van der Waals surface area contributed by atoms with Crippen molar-refractivity contribution in [2.24, 2.45) is 0 Å². The van der Waals surface area contributed by atoms with Gasteiger partial charge in [-0.05, 0) is 62.1 Å². The topological polar surface area (TPSA) is 48.5 Å². The number of nitrogens with zero attached hydrogens (tertiary/aromatic N) is 5. The smallest absolute Gasteiger partial charge is 0.159 e. The van der Waals surface area contributed by atoms with Crippen molar-refractivity contribution in [1.82, 2.24) is 24.1 Å². The Morgan fingerprint density at radius 1 is 0.500 bits per heavy atom. The molecule has 0 saturated carbocycles. The molecule has 2 aromatic carbocycles. The average molecular weight is 514 g/mol. The predicted octanol–water partition coefficient (Wildman–Crippen LogP) is 7.85. The minimum absolute atomic E-state index is 0.909. The van der Waals surface area contributed by atoms with Crippen LogP contribution in [0.4, 0.5) is 0 Å². The molecule has 3 aromatic heterocycles. The van der Waals surface area contributed by atoms with E-state index >= 15 is 0 Å². The van der Waals surface area contributed by atoms with Crippen LogP contribution in [-0.4, -0.2) is 35.6 Å². The number of imidazole rings is 2. The number of aromatic nitrogens is 5. The van der Waals surface area contributed by atoms with Gasteiger partial charge in [0.1, 0.15) is 11.4 Å². The van der Waals surface area contributed by atoms with Crippen molar-refractivity contribution >= 4 is 43.7 Å². The van der Waals surface area contributed by atoms with E-state index in [-0.39, 0.29) is 0 Å². The van der Waals surface area contributed by atoms with Crippen molar-refractivity contribution in [3.63, 3.8) is 0 Å². The second-order valence-electron chi connectivity index (χ2n) is 9.32. The maximum Gasteiger partial charge on any atom is 0.159 e. The van der Waals surface area contributed by atoms with Gasteiger partial charge in [-0.1, -0.05) is 64.8 Å². The molecular formula is C29H31N5S2. The summed E-state index contributed by atoms with van der Waals surface area (Å²) in [5, 5.41) is 0. The molecule has 0 saturated heterocycles. The van der Waals surface area contributed by atoms with E-state index in [0.717, 1.165) is 60.0 Å². The van der Waals surface area contributed by atoms with Gasteiger partial charge in [0.25, 0.3) is 0 Å². The van der Waals surface area contributed by atoms with Gasteiger partial charge in [0.15, 0.2) is 11.6 Å². The summed E-state index contributed by atoms with van der Waals surface area (Å²) in [7, 11) is 4.08. The van der Waals surface area contributed by atoms with E-state index in [2.05, 4.69) is 75.9 Å². The second-order valence-corrected chi connectivity index (χ2v) is 12.0. The molecular weight excluding hydrogens is 482 g/mol. The molecule has 5 nitrogen and oxygen atoms in total. The summed E-state index contributed by atoms with van der Waals surface area (Å²) in [6, 6.07) is 23.2. The molecule has 0 aliphatic carbocycles. The van der Waals surface area contributed by atoms with Crippen molar-refractivity contribution in [3.05, 3.63) is 66.7 Å². The summed E-state index contributed by atoms with van der Waals surface area (Å²) >= 11 is 0. The number of pyridine rings is 1. The Morgan fingerprint density at radius 3 is 1.53 bits per heavy atom. The molecule has 0 unspecified atom stereocenters. The predicted molar refractivity (Wildman–Crippen MR) is 154 cm³/mol. The maximum absolute atomic E-state index is 5.15. The number of rotatable bonds is 0. The molecule has 1 aliphatic heterocycles.